The minimum Gasteiger partial charge on any atom is -0.497 e. The van der Waals surface area contributed by atoms with Crippen LogP contribution in [0.3, 0.4) is 0 Å². The van der Waals surface area contributed by atoms with Crippen LogP contribution in [0.5, 0.6) is 11.5 Å². The lowest BCUT2D eigenvalue weighted by atomic mass is 9.92. The second-order valence-electron chi connectivity index (χ2n) is 4.60. The van der Waals surface area contributed by atoms with Crippen molar-refractivity contribution in [3.05, 3.63) is 59.7 Å². The molecule has 0 radical (unpaired) electrons. The highest BCUT2D eigenvalue weighted by molar-refractivity contribution is 6.00. The van der Waals surface area contributed by atoms with E-state index >= 15 is 0 Å². The van der Waals surface area contributed by atoms with Gasteiger partial charge in [0.2, 0.25) is 0 Å². The normalized spacial score (nSPS) is 11.8. The van der Waals surface area contributed by atoms with Gasteiger partial charge in [0, 0.05) is 17.5 Å². The lowest BCUT2D eigenvalue weighted by molar-refractivity contribution is 0.0966. The first-order valence-corrected chi connectivity index (χ1v) is 6.48. The summed E-state index contributed by atoms with van der Waals surface area (Å²) in [6, 6.07) is 14.8. The predicted molar refractivity (Wildman–Crippen MR) is 78.7 cm³/mol. The Morgan fingerprint density at radius 1 is 0.950 bits per heavy atom. The molecule has 0 heterocycles. The highest BCUT2D eigenvalue weighted by Gasteiger charge is 2.18. The van der Waals surface area contributed by atoms with Crippen molar-refractivity contribution in [3.8, 4) is 11.5 Å². The van der Waals surface area contributed by atoms with E-state index in [9.17, 15) is 4.79 Å². The van der Waals surface area contributed by atoms with Gasteiger partial charge in [-0.15, -0.1) is 0 Å². The van der Waals surface area contributed by atoms with Crippen molar-refractivity contribution in [2.45, 2.75) is 12.8 Å². The highest BCUT2D eigenvalue weighted by Crippen LogP contribution is 2.29. The third kappa shape index (κ3) is 2.99. The third-order valence-electron chi connectivity index (χ3n) is 3.33. The van der Waals surface area contributed by atoms with Crippen molar-refractivity contribution < 1.29 is 14.3 Å². The van der Waals surface area contributed by atoms with Crippen LogP contribution in [-0.2, 0) is 0 Å². The molecule has 0 saturated heterocycles. The van der Waals surface area contributed by atoms with Gasteiger partial charge in [0.25, 0.3) is 0 Å². The van der Waals surface area contributed by atoms with E-state index in [1.54, 1.807) is 20.3 Å². The molecule has 2 aromatic rings. The molecule has 0 saturated carbocycles. The summed E-state index contributed by atoms with van der Waals surface area (Å²) >= 11 is 0. The van der Waals surface area contributed by atoms with Crippen molar-refractivity contribution in [3.63, 3.8) is 0 Å². The van der Waals surface area contributed by atoms with E-state index in [-0.39, 0.29) is 11.7 Å². The van der Waals surface area contributed by atoms with Gasteiger partial charge in [-0.2, -0.15) is 0 Å². The number of carbonyl (C=O) groups is 1. The summed E-state index contributed by atoms with van der Waals surface area (Å²) in [5.74, 6) is 1.21. The van der Waals surface area contributed by atoms with Crippen LogP contribution in [0, 0.1) is 0 Å². The number of ketones is 1. The highest BCUT2D eigenvalue weighted by atomic mass is 16.5. The van der Waals surface area contributed by atoms with Crippen LogP contribution in [0.25, 0.3) is 0 Å². The second kappa shape index (κ2) is 6.24. The van der Waals surface area contributed by atoms with Crippen LogP contribution in [0.15, 0.2) is 48.5 Å². The van der Waals surface area contributed by atoms with Gasteiger partial charge in [0.05, 0.1) is 14.2 Å². The van der Waals surface area contributed by atoms with Gasteiger partial charge in [0.1, 0.15) is 11.5 Å². The van der Waals surface area contributed by atoms with Gasteiger partial charge in [-0.1, -0.05) is 37.3 Å². The number of ether oxygens (including phenoxy) is 2. The summed E-state index contributed by atoms with van der Waals surface area (Å²) in [5.41, 5.74) is 1.59. The van der Waals surface area contributed by atoms with E-state index in [0.29, 0.717) is 17.1 Å². The Bertz CT molecular complexity index is 568. The van der Waals surface area contributed by atoms with Crippen molar-refractivity contribution in [1.29, 1.82) is 0 Å². The molecule has 0 amide bonds. The van der Waals surface area contributed by atoms with Gasteiger partial charge < -0.3 is 9.47 Å². The molecule has 0 N–H and O–H groups in total. The second-order valence-corrected chi connectivity index (χ2v) is 4.60. The van der Waals surface area contributed by atoms with Gasteiger partial charge >= 0.3 is 0 Å². The number of benzene rings is 2. The van der Waals surface area contributed by atoms with Crippen LogP contribution >= 0.6 is 0 Å². The molecule has 0 aliphatic rings. The molecule has 0 bridgehead atoms. The molecule has 104 valence electrons. The summed E-state index contributed by atoms with van der Waals surface area (Å²) in [7, 11) is 3.20. The molecule has 2 rings (SSSR count). The first-order valence-electron chi connectivity index (χ1n) is 6.48. The quantitative estimate of drug-likeness (QED) is 0.777. The fourth-order valence-electron chi connectivity index (χ4n) is 2.08. The van der Waals surface area contributed by atoms with Crippen molar-refractivity contribution in [2.24, 2.45) is 0 Å². The smallest absolute Gasteiger partial charge is 0.170 e. The summed E-state index contributed by atoms with van der Waals surface area (Å²) in [5, 5.41) is 0. The lowest BCUT2D eigenvalue weighted by Gasteiger charge is -2.14. The fraction of sp³-hybridized carbons (Fsp3) is 0.235. The number of hydrogen-bond acceptors (Lipinski definition) is 3. The third-order valence-corrected chi connectivity index (χ3v) is 3.33. The van der Waals surface area contributed by atoms with E-state index in [1.807, 2.05) is 49.4 Å². The average molecular weight is 270 g/mol. The molecule has 2 aromatic carbocycles. The minimum atomic E-state index is -0.249. The Labute approximate surface area is 119 Å². The summed E-state index contributed by atoms with van der Waals surface area (Å²) in [4.78, 5) is 12.5. The largest absolute Gasteiger partial charge is 0.497 e. The minimum absolute atomic E-state index is 0.0842. The van der Waals surface area contributed by atoms with Crippen molar-refractivity contribution in [1.82, 2.24) is 0 Å². The van der Waals surface area contributed by atoms with E-state index in [1.165, 1.54) is 0 Å². The Morgan fingerprint density at radius 3 is 2.00 bits per heavy atom. The van der Waals surface area contributed by atoms with Crippen LogP contribution in [0.4, 0.5) is 0 Å². The lowest BCUT2D eigenvalue weighted by Crippen LogP contribution is -2.09. The Morgan fingerprint density at radius 2 is 1.50 bits per heavy atom. The van der Waals surface area contributed by atoms with E-state index in [0.717, 1.165) is 5.56 Å². The number of Topliss-reactive ketones (excluding diaryl/α,β-unsaturated/α-hetero) is 1. The zero-order chi connectivity index (χ0) is 14.5. The molecule has 0 aliphatic heterocycles. The maximum Gasteiger partial charge on any atom is 0.170 e. The molecular weight excluding hydrogens is 252 g/mol. The van der Waals surface area contributed by atoms with E-state index in [2.05, 4.69) is 0 Å². The zero-order valence-corrected chi connectivity index (χ0v) is 11.9. The number of carbonyl (C=O) groups excluding carboxylic acids is 1. The molecule has 1 unspecified atom stereocenters. The zero-order valence-electron chi connectivity index (χ0n) is 11.9. The molecule has 20 heavy (non-hydrogen) atoms. The summed E-state index contributed by atoms with van der Waals surface area (Å²) in [6.45, 7) is 1.89. The topological polar surface area (TPSA) is 35.5 Å². The molecule has 0 aromatic heterocycles. The maximum absolute atomic E-state index is 12.5. The first kappa shape index (κ1) is 14.1. The van der Waals surface area contributed by atoms with Crippen LogP contribution in [0.2, 0.25) is 0 Å². The SMILES string of the molecule is COc1cc(OC)cc(C(C)C(=O)c2ccccc2)c1. The molecule has 0 aliphatic carbocycles. The monoisotopic (exact) mass is 270 g/mol. The van der Waals surface area contributed by atoms with Gasteiger partial charge in [-0.05, 0) is 17.7 Å². The number of rotatable bonds is 5. The van der Waals surface area contributed by atoms with Crippen LogP contribution < -0.4 is 9.47 Å². The van der Waals surface area contributed by atoms with Gasteiger partial charge in [0.15, 0.2) is 5.78 Å². The van der Waals surface area contributed by atoms with Crippen molar-refractivity contribution >= 4 is 5.78 Å². The summed E-state index contributed by atoms with van der Waals surface area (Å²) in [6.07, 6.45) is 0. The van der Waals surface area contributed by atoms with Crippen LogP contribution in [0.1, 0.15) is 28.8 Å². The Hall–Kier alpha value is -2.29. The van der Waals surface area contributed by atoms with Crippen molar-refractivity contribution in [2.75, 3.05) is 14.2 Å². The van der Waals surface area contributed by atoms with E-state index < -0.39 is 0 Å². The fourth-order valence-corrected chi connectivity index (χ4v) is 2.08. The molecule has 3 nitrogen and oxygen atoms in total. The van der Waals surface area contributed by atoms with Crippen LogP contribution in [-0.4, -0.2) is 20.0 Å². The van der Waals surface area contributed by atoms with Gasteiger partial charge in [-0.25, -0.2) is 0 Å². The van der Waals surface area contributed by atoms with E-state index in [4.69, 9.17) is 9.47 Å². The molecule has 3 heteroatoms. The molecule has 1 atom stereocenters. The molecule has 0 fully saturated rings. The standard InChI is InChI=1S/C17H18O3/c1-12(17(18)13-7-5-4-6-8-13)14-9-15(19-2)11-16(10-14)20-3/h4-12H,1-3H3. The first-order chi connectivity index (χ1) is 9.65. The molecule has 0 spiro atoms. The van der Waals surface area contributed by atoms with Gasteiger partial charge in [-0.3, -0.25) is 4.79 Å². The maximum atomic E-state index is 12.5. The molecular formula is C17H18O3. The predicted octanol–water partition coefficient (Wildman–Crippen LogP) is 3.69. The summed E-state index contributed by atoms with van der Waals surface area (Å²) < 4.78 is 10.5. The average Bonchev–Trinajstić information content (AvgIpc) is 2.53. The number of hydrogen-bond donors (Lipinski definition) is 0. The number of methoxy groups -OCH3 is 2. The Kier molecular flexibility index (Phi) is 4.41. The Balaban J connectivity index is 2.33.